The molecule has 0 unspecified atom stereocenters. The van der Waals surface area contributed by atoms with Gasteiger partial charge in [-0.25, -0.2) is 8.42 Å². The van der Waals surface area contributed by atoms with E-state index in [1.807, 2.05) is 10.3 Å². The molecule has 0 aliphatic heterocycles. The Morgan fingerprint density at radius 2 is 2.16 bits per heavy atom. The normalized spacial score (nSPS) is 10.8. The van der Waals surface area contributed by atoms with Gasteiger partial charge in [-0.15, -0.1) is 4.83 Å². The summed E-state index contributed by atoms with van der Waals surface area (Å²) in [7, 11) is -2.79. The van der Waals surface area contributed by atoms with Gasteiger partial charge in [0.1, 0.15) is 0 Å². The van der Waals surface area contributed by atoms with E-state index in [1.54, 1.807) is 0 Å². The van der Waals surface area contributed by atoms with Crippen molar-refractivity contribution < 1.29 is 18.1 Å². The number of nitrogens with zero attached hydrogens (tertiary/aromatic N) is 1. The fourth-order valence-electron chi connectivity index (χ4n) is 1.16. The molecule has 0 aromatic heterocycles. The van der Waals surface area contributed by atoms with Gasteiger partial charge in [0.05, 0.1) is 16.9 Å². The van der Waals surface area contributed by atoms with Crippen molar-refractivity contribution >= 4 is 33.0 Å². The molecule has 0 saturated carbocycles. The Morgan fingerprint density at radius 1 is 1.53 bits per heavy atom. The molecular weight excluding hydrogens is 296 g/mol. The zero-order chi connectivity index (χ0) is 14.6. The lowest BCUT2D eigenvalue weighted by molar-refractivity contribution is -0.386. The van der Waals surface area contributed by atoms with Crippen LogP contribution in [-0.2, 0) is 10.0 Å². The lowest BCUT2D eigenvalue weighted by Crippen LogP contribution is -2.44. The standard InChI is InChI=1S/C8H10N4O5S2/c1-17-7-3-2-5(4-6(7)12(13)14)19(15,16)11-10-8(9)18/h2-4,11H,1H3,(H3,9,10,18). The Bertz CT molecular complexity index is 616. The molecule has 1 aromatic rings. The van der Waals surface area contributed by atoms with Crippen LogP contribution in [0.5, 0.6) is 5.75 Å². The summed E-state index contributed by atoms with van der Waals surface area (Å²) in [6.07, 6.45) is 0. The van der Waals surface area contributed by atoms with Crippen molar-refractivity contribution in [1.82, 2.24) is 10.3 Å². The number of ether oxygens (including phenoxy) is 1. The average Bonchev–Trinajstić information content (AvgIpc) is 2.35. The summed E-state index contributed by atoms with van der Waals surface area (Å²) in [4.78, 5) is 11.6. The lowest BCUT2D eigenvalue weighted by Gasteiger charge is -2.08. The topological polar surface area (TPSA) is 137 Å². The van der Waals surface area contributed by atoms with E-state index in [-0.39, 0.29) is 15.8 Å². The molecule has 0 atom stereocenters. The maximum Gasteiger partial charge on any atom is 0.312 e. The molecule has 0 heterocycles. The molecule has 0 radical (unpaired) electrons. The van der Waals surface area contributed by atoms with E-state index in [0.29, 0.717) is 0 Å². The highest BCUT2D eigenvalue weighted by Gasteiger charge is 2.21. The van der Waals surface area contributed by atoms with Gasteiger partial charge in [0.25, 0.3) is 10.0 Å². The molecule has 0 spiro atoms. The van der Waals surface area contributed by atoms with Crippen LogP contribution in [0.2, 0.25) is 0 Å². The number of sulfonamides is 1. The Hall–Kier alpha value is -1.98. The Balaban J connectivity index is 3.18. The molecule has 0 amide bonds. The highest BCUT2D eigenvalue weighted by atomic mass is 32.2. The highest BCUT2D eigenvalue weighted by molar-refractivity contribution is 7.89. The van der Waals surface area contributed by atoms with E-state index in [1.165, 1.54) is 13.2 Å². The number of nitrogens with one attached hydrogen (secondary N) is 2. The van der Waals surface area contributed by atoms with Crippen LogP contribution in [0.15, 0.2) is 23.1 Å². The van der Waals surface area contributed by atoms with Crippen LogP contribution in [0, 0.1) is 10.1 Å². The van der Waals surface area contributed by atoms with Crippen molar-refractivity contribution in [3.8, 4) is 5.75 Å². The van der Waals surface area contributed by atoms with Gasteiger partial charge < -0.3 is 10.5 Å². The summed E-state index contributed by atoms with van der Waals surface area (Å²) in [5, 5.41) is 10.5. The van der Waals surface area contributed by atoms with E-state index in [9.17, 15) is 18.5 Å². The van der Waals surface area contributed by atoms with Gasteiger partial charge in [-0.2, -0.15) is 0 Å². The smallest absolute Gasteiger partial charge is 0.312 e. The van der Waals surface area contributed by atoms with Gasteiger partial charge in [-0.1, -0.05) is 0 Å². The summed E-state index contributed by atoms with van der Waals surface area (Å²) >= 11 is 4.43. The van der Waals surface area contributed by atoms with E-state index in [2.05, 4.69) is 12.2 Å². The maximum atomic E-state index is 11.8. The van der Waals surface area contributed by atoms with Crippen LogP contribution >= 0.6 is 12.2 Å². The van der Waals surface area contributed by atoms with Gasteiger partial charge >= 0.3 is 5.69 Å². The van der Waals surface area contributed by atoms with Gasteiger partial charge in [0.15, 0.2) is 10.9 Å². The Kier molecular flexibility index (Phi) is 4.58. The third-order valence-corrected chi connectivity index (χ3v) is 3.31. The number of nitrogens with two attached hydrogens (primary N) is 1. The molecular formula is C8H10N4O5S2. The predicted molar refractivity (Wildman–Crippen MR) is 69.9 cm³/mol. The second-order valence-electron chi connectivity index (χ2n) is 3.19. The zero-order valence-corrected chi connectivity index (χ0v) is 11.2. The van der Waals surface area contributed by atoms with E-state index in [0.717, 1.165) is 12.1 Å². The fraction of sp³-hybridized carbons (Fsp3) is 0.125. The van der Waals surface area contributed by atoms with Crippen molar-refractivity contribution in [2.45, 2.75) is 4.90 Å². The summed E-state index contributed by atoms with van der Waals surface area (Å²) in [6.45, 7) is 0. The van der Waals surface area contributed by atoms with Crippen LogP contribution in [0.25, 0.3) is 0 Å². The van der Waals surface area contributed by atoms with E-state index in [4.69, 9.17) is 10.5 Å². The minimum atomic E-state index is -4.02. The van der Waals surface area contributed by atoms with Crippen molar-refractivity contribution in [2.24, 2.45) is 5.73 Å². The first-order valence-corrected chi connectivity index (χ1v) is 6.56. The molecule has 0 bridgehead atoms. The number of hydrogen-bond acceptors (Lipinski definition) is 6. The predicted octanol–water partition coefficient (Wildman–Crippen LogP) is -0.370. The molecule has 19 heavy (non-hydrogen) atoms. The monoisotopic (exact) mass is 306 g/mol. The largest absolute Gasteiger partial charge is 0.490 e. The number of hydrogen-bond donors (Lipinski definition) is 3. The molecule has 4 N–H and O–H groups in total. The zero-order valence-electron chi connectivity index (χ0n) is 9.61. The highest BCUT2D eigenvalue weighted by Crippen LogP contribution is 2.28. The number of nitro groups is 1. The van der Waals surface area contributed by atoms with Gasteiger partial charge in [0.2, 0.25) is 0 Å². The van der Waals surface area contributed by atoms with Crippen molar-refractivity contribution in [1.29, 1.82) is 0 Å². The molecule has 1 rings (SSSR count). The number of benzene rings is 1. The molecule has 0 saturated heterocycles. The van der Waals surface area contributed by atoms with E-state index < -0.39 is 20.6 Å². The first kappa shape index (κ1) is 15.1. The number of rotatable bonds is 5. The summed E-state index contributed by atoms with van der Waals surface area (Å²) < 4.78 is 28.3. The second-order valence-corrected chi connectivity index (χ2v) is 5.31. The van der Waals surface area contributed by atoms with Crippen LogP contribution < -0.4 is 20.7 Å². The fourth-order valence-corrected chi connectivity index (χ4v) is 2.15. The SMILES string of the molecule is COc1ccc(S(=O)(=O)NNC(N)=S)cc1[N+](=O)[O-]. The first-order valence-electron chi connectivity index (χ1n) is 4.67. The van der Waals surface area contributed by atoms with E-state index >= 15 is 0 Å². The molecule has 9 nitrogen and oxygen atoms in total. The number of nitro benzene ring substituents is 1. The molecule has 0 aliphatic rings. The van der Waals surface area contributed by atoms with Crippen LogP contribution in [0.1, 0.15) is 0 Å². The van der Waals surface area contributed by atoms with Crippen LogP contribution in [0.4, 0.5) is 5.69 Å². The molecule has 11 heteroatoms. The van der Waals surface area contributed by atoms with Gasteiger partial charge in [-0.05, 0) is 24.4 Å². The van der Waals surface area contributed by atoms with Crippen molar-refractivity contribution in [2.75, 3.05) is 7.11 Å². The second kappa shape index (κ2) is 5.77. The minimum absolute atomic E-state index is 0.0498. The molecule has 0 fully saturated rings. The van der Waals surface area contributed by atoms with Crippen LogP contribution in [-0.4, -0.2) is 25.6 Å². The molecule has 104 valence electrons. The number of thiocarbonyl (C=S) groups is 1. The van der Waals surface area contributed by atoms with Crippen molar-refractivity contribution in [3.63, 3.8) is 0 Å². The van der Waals surface area contributed by atoms with Gasteiger partial charge in [-0.3, -0.25) is 15.5 Å². The third-order valence-electron chi connectivity index (χ3n) is 1.97. The minimum Gasteiger partial charge on any atom is -0.490 e. The van der Waals surface area contributed by atoms with Crippen LogP contribution in [0.3, 0.4) is 0 Å². The van der Waals surface area contributed by atoms with Crippen molar-refractivity contribution in [3.05, 3.63) is 28.3 Å². The summed E-state index contributed by atoms with van der Waals surface area (Å²) in [5.41, 5.74) is 6.63. The Labute approximate surface area is 113 Å². The van der Waals surface area contributed by atoms with Gasteiger partial charge in [0, 0.05) is 6.07 Å². The first-order chi connectivity index (χ1) is 8.77. The number of hydrazine groups is 1. The maximum absolute atomic E-state index is 11.8. The molecule has 1 aromatic carbocycles. The molecule has 0 aliphatic carbocycles. The lowest BCUT2D eigenvalue weighted by atomic mass is 10.3. The Morgan fingerprint density at radius 3 is 2.63 bits per heavy atom. The summed E-state index contributed by atoms with van der Waals surface area (Å²) in [5.74, 6) is -0.0498. The number of methoxy groups -OCH3 is 1. The average molecular weight is 306 g/mol. The third kappa shape index (κ3) is 3.74. The summed E-state index contributed by atoms with van der Waals surface area (Å²) in [6, 6.07) is 3.19. The quantitative estimate of drug-likeness (QED) is 0.381.